The fourth-order valence-electron chi connectivity index (χ4n) is 8.47. The van der Waals surface area contributed by atoms with Crippen molar-refractivity contribution in [3.8, 4) is 85.0 Å². The SMILES string of the molecule is COc1ccc(-c2cccc(-c3ccc(Oc4ccc(S(=O)(=O)c5ccc(Oc6ccc(-c7cccc(-c8ccc(Oc9ccc(S(=O)(=O)c%10ccc(C)cc%10)cc9)cc8)n7)cc6)c(S(=O)(=O)O)c5)cc4S(=O)(=O)O)cc3)c2)cc1. The Bertz CT molecular complexity index is 4410. The quantitative estimate of drug-likeness (QED) is 0.0808. The number of aryl methyl sites for hydroxylation is 1. The molecule has 0 fully saturated rings. The van der Waals surface area contributed by atoms with Crippen LogP contribution >= 0.6 is 0 Å². The van der Waals surface area contributed by atoms with Gasteiger partial charge in [0, 0.05) is 11.1 Å². The lowest BCUT2D eigenvalue weighted by atomic mass is 9.99. The van der Waals surface area contributed by atoms with Crippen LogP contribution in [0.5, 0.6) is 40.2 Å². The third-order valence-corrected chi connectivity index (χ3v) is 18.0. The molecule has 0 aliphatic heterocycles. The number of methoxy groups -OCH3 is 1. The Labute approximate surface area is 462 Å². The Morgan fingerprint density at radius 3 is 1.09 bits per heavy atom. The Morgan fingerprint density at radius 1 is 0.338 bits per heavy atom. The van der Waals surface area contributed by atoms with E-state index in [4.69, 9.17) is 23.9 Å². The van der Waals surface area contributed by atoms with E-state index in [1.807, 2.05) is 79.7 Å². The van der Waals surface area contributed by atoms with E-state index in [1.54, 1.807) is 98.1 Å². The van der Waals surface area contributed by atoms with E-state index in [-0.39, 0.29) is 21.3 Å². The molecule has 1 heterocycles. The predicted octanol–water partition coefficient (Wildman–Crippen LogP) is 13.6. The van der Waals surface area contributed by atoms with Crippen molar-refractivity contribution in [3.05, 3.63) is 230 Å². The summed E-state index contributed by atoms with van der Waals surface area (Å²) in [6.07, 6.45) is 0. The van der Waals surface area contributed by atoms with Crippen LogP contribution in [0.4, 0.5) is 0 Å². The third-order valence-electron chi connectivity index (χ3n) is 12.7. The van der Waals surface area contributed by atoms with Crippen LogP contribution in [-0.4, -0.2) is 54.9 Å². The molecule has 0 unspecified atom stereocenters. The number of rotatable bonds is 17. The molecule has 15 nitrogen and oxygen atoms in total. The Kier molecular flexibility index (Phi) is 15.0. The first-order valence-electron chi connectivity index (χ1n) is 24.2. The third kappa shape index (κ3) is 12.0. The van der Waals surface area contributed by atoms with Crippen LogP contribution in [0.3, 0.4) is 0 Å². The van der Waals surface area contributed by atoms with Crippen molar-refractivity contribution < 1.29 is 61.7 Å². The lowest BCUT2D eigenvalue weighted by molar-refractivity contribution is 0.415. The maximum atomic E-state index is 14.0. The summed E-state index contributed by atoms with van der Waals surface area (Å²) in [5.74, 6) is 1.15. The van der Waals surface area contributed by atoms with Gasteiger partial charge in [0.05, 0.1) is 38.1 Å². The number of pyridine rings is 1. The van der Waals surface area contributed by atoms with Gasteiger partial charge in [-0.25, -0.2) is 21.8 Å². The lowest BCUT2D eigenvalue weighted by Gasteiger charge is -2.14. The number of benzene rings is 9. The molecular weight excluding hydrogens is 1100 g/mol. The predicted molar refractivity (Wildman–Crippen MR) is 300 cm³/mol. The zero-order valence-corrected chi connectivity index (χ0v) is 45.5. The molecule has 80 heavy (non-hydrogen) atoms. The van der Waals surface area contributed by atoms with Gasteiger partial charge in [-0.05, 0) is 193 Å². The highest BCUT2D eigenvalue weighted by Crippen LogP contribution is 2.38. The maximum absolute atomic E-state index is 14.0. The minimum atomic E-state index is -5.13. The molecule has 0 atom stereocenters. The van der Waals surface area contributed by atoms with Crippen molar-refractivity contribution in [2.45, 2.75) is 36.3 Å². The van der Waals surface area contributed by atoms with Gasteiger partial charge in [-0.3, -0.25) is 9.11 Å². The number of nitrogens with zero attached hydrogens (tertiary/aromatic N) is 1. The van der Waals surface area contributed by atoms with Gasteiger partial charge in [0.2, 0.25) is 19.7 Å². The smallest absolute Gasteiger partial charge is 0.298 e. The van der Waals surface area contributed by atoms with E-state index in [0.29, 0.717) is 40.6 Å². The molecular formula is C61H45NO14S4. The van der Waals surface area contributed by atoms with Crippen LogP contribution in [0.1, 0.15) is 5.56 Å². The molecule has 0 spiro atoms. The van der Waals surface area contributed by atoms with Crippen LogP contribution in [0.2, 0.25) is 0 Å². The topological polar surface area (TPSA) is 227 Å². The van der Waals surface area contributed by atoms with E-state index in [0.717, 1.165) is 63.4 Å². The van der Waals surface area contributed by atoms with Crippen LogP contribution < -0.4 is 18.9 Å². The van der Waals surface area contributed by atoms with Crippen LogP contribution in [0.15, 0.2) is 254 Å². The first-order valence-corrected chi connectivity index (χ1v) is 30.0. The normalized spacial score (nSPS) is 11.9. The standard InChI is InChI=1S/C61H45NO14S4/c1-40-9-29-52(30-10-40)77(63,64)53-31-27-49(28-32-53)74-48-23-15-43(16-24-48)56-7-4-8-57(62-56)44-17-25-51(26-18-44)76-59-36-34-55(39-61(59)80(70,71)72)78(65,66)54-33-35-58(60(38-54)79(67,68)69)75-50-21-13-42(14-22-50)46-6-3-5-45(37-46)41-11-19-47(73-2)20-12-41/h3-39H,1-2H3,(H,67,68,69)(H,70,71,72). The molecule has 19 heteroatoms. The first-order chi connectivity index (χ1) is 38.2. The second-order valence-corrected chi connectivity index (χ2v) is 24.7. The number of sulfone groups is 2. The van der Waals surface area contributed by atoms with E-state index in [9.17, 15) is 42.8 Å². The first kappa shape index (κ1) is 54.4. The fourth-order valence-corrected chi connectivity index (χ4v) is 12.5. The Morgan fingerprint density at radius 2 is 0.675 bits per heavy atom. The second kappa shape index (κ2) is 22.1. The minimum absolute atomic E-state index is 0.116. The summed E-state index contributed by atoms with van der Waals surface area (Å²) in [6.45, 7) is 1.88. The summed E-state index contributed by atoms with van der Waals surface area (Å²) in [5, 5.41) is 0. The van der Waals surface area contributed by atoms with E-state index in [2.05, 4.69) is 0 Å². The summed E-state index contributed by atoms with van der Waals surface area (Å²) < 4.78 is 149. The molecule has 0 bridgehead atoms. The monoisotopic (exact) mass is 1140 g/mol. The molecule has 402 valence electrons. The number of hydrogen-bond donors (Lipinski definition) is 2. The molecule has 0 saturated heterocycles. The minimum Gasteiger partial charge on any atom is -0.497 e. The van der Waals surface area contributed by atoms with Gasteiger partial charge in [-0.15, -0.1) is 0 Å². The Balaban J connectivity index is 0.812. The van der Waals surface area contributed by atoms with Gasteiger partial charge >= 0.3 is 0 Å². The molecule has 0 radical (unpaired) electrons. The zero-order chi connectivity index (χ0) is 56.4. The molecule has 0 aliphatic rings. The van der Waals surface area contributed by atoms with Crippen molar-refractivity contribution in [1.82, 2.24) is 4.98 Å². The van der Waals surface area contributed by atoms with Gasteiger partial charge in [-0.1, -0.05) is 66.2 Å². The summed E-state index contributed by atoms with van der Waals surface area (Å²) in [5.41, 5.74) is 7.24. The van der Waals surface area contributed by atoms with Gasteiger partial charge < -0.3 is 18.9 Å². The van der Waals surface area contributed by atoms with Crippen LogP contribution in [0, 0.1) is 6.92 Å². The van der Waals surface area contributed by atoms with Gasteiger partial charge in [0.25, 0.3) is 20.2 Å². The van der Waals surface area contributed by atoms with Crippen molar-refractivity contribution in [1.29, 1.82) is 0 Å². The second-order valence-electron chi connectivity index (χ2n) is 18.1. The van der Waals surface area contributed by atoms with Gasteiger partial charge in [-0.2, -0.15) is 16.8 Å². The molecule has 10 aromatic rings. The molecule has 0 amide bonds. The molecule has 10 rings (SSSR count). The summed E-state index contributed by atoms with van der Waals surface area (Å²) >= 11 is 0. The molecule has 9 aromatic carbocycles. The van der Waals surface area contributed by atoms with Gasteiger partial charge in [0.15, 0.2) is 0 Å². The van der Waals surface area contributed by atoms with E-state index in [1.165, 1.54) is 24.3 Å². The van der Waals surface area contributed by atoms with Crippen molar-refractivity contribution in [3.63, 3.8) is 0 Å². The average Bonchev–Trinajstić information content (AvgIpc) is 3.55. The lowest BCUT2D eigenvalue weighted by Crippen LogP contribution is -2.08. The highest BCUT2D eigenvalue weighted by atomic mass is 32.2. The maximum Gasteiger partial charge on any atom is 0.298 e. The Hall–Kier alpha value is -8.95. The van der Waals surface area contributed by atoms with Crippen molar-refractivity contribution in [2.24, 2.45) is 0 Å². The number of aromatic nitrogens is 1. The molecule has 0 saturated carbocycles. The van der Waals surface area contributed by atoms with Gasteiger partial charge in [0.1, 0.15) is 50.0 Å². The summed E-state index contributed by atoms with van der Waals surface area (Å²) in [7, 11) is -17.1. The molecule has 2 N–H and O–H groups in total. The zero-order valence-electron chi connectivity index (χ0n) is 42.2. The van der Waals surface area contributed by atoms with Crippen LogP contribution in [-0.2, 0) is 39.9 Å². The summed E-state index contributed by atoms with van der Waals surface area (Å²) in [4.78, 5) is 2.07. The van der Waals surface area contributed by atoms with Crippen molar-refractivity contribution >= 4 is 39.9 Å². The fraction of sp³-hybridized carbons (Fsp3) is 0.0328. The highest BCUT2D eigenvalue weighted by Gasteiger charge is 2.28. The van der Waals surface area contributed by atoms with E-state index < -0.39 is 71.0 Å². The van der Waals surface area contributed by atoms with E-state index >= 15 is 0 Å². The van der Waals surface area contributed by atoms with Crippen molar-refractivity contribution in [2.75, 3.05) is 7.11 Å². The number of ether oxygens (including phenoxy) is 4. The summed E-state index contributed by atoms with van der Waals surface area (Å²) in [6, 6.07) is 59.4. The van der Waals surface area contributed by atoms with Crippen LogP contribution in [0.25, 0.3) is 44.8 Å². The largest absolute Gasteiger partial charge is 0.497 e. The average molecular weight is 1140 g/mol. The number of hydrogen-bond acceptors (Lipinski definition) is 13. The highest BCUT2D eigenvalue weighted by molar-refractivity contribution is 7.92. The molecule has 0 aliphatic carbocycles. The molecule has 1 aromatic heterocycles.